The number of hydrogen-bond donors (Lipinski definition) is 1. The van der Waals surface area contributed by atoms with Crippen LogP contribution in [0.15, 0.2) is 29.9 Å². The third-order valence-corrected chi connectivity index (χ3v) is 4.90. The van der Waals surface area contributed by atoms with Gasteiger partial charge in [-0.15, -0.1) is 11.3 Å². The van der Waals surface area contributed by atoms with Crippen LogP contribution in [0.5, 0.6) is 0 Å². The molecule has 1 aliphatic heterocycles. The second kappa shape index (κ2) is 6.98. The van der Waals surface area contributed by atoms with Crippen molar-refractivity contribution < 1.29 is 4.79 Å². The number of carbonyl (C=O) groups is 1. The van der Waals surface area contributed by atoms with E-state index in [0.717, 1.165) is 18.8 Å². The quantitative estimate of drug-likeness (QED) is 0.920. The third-order valence-electron chi connectivity index (χ3n) is 3.92. The third kappa shape index (κ3) is 3.51. The van der Waals surface area contributed by atoms with Crippen molar-refractivity contribution in [3.05, 3.63) is 46.2 Å². The predicted molar refractivity (Wildman–Crippen MR) is 87.0 cm³/mol. The molecule has 2 aromatic heterocycles. The summed E-state index contributed by atoms with van der Waals surface area (Å²) in [4.78, 5) is 24.2. The molecule has 0 saturated carbocycles. The first-order valence-electron chi connectivity index (χ1n) is 7.58. The molecule has 1 atom stereocenters. The lowest BCUT2D eigenvalue weighted by molar-refractivity contribution is 0.0933. The zero-order valence-corrected chi connectivity index (χ0v) is 13.5. The van der Waals surface area contributed by atoms with Gasteiger partial charge >= 0.3 is 0 Å². The lowest BCUT2D eigenvalue weighted by Crippen LogP contribution is -2.36. The van der Waals surface area contributed by atoms with Gasteiger partial charge in [0.15, 0.2) is 0 Å². The minimum atomic E-state index is -0.159. The molecule has 1 N–H and O–H groups in total. The van der Waals surface area contributed by atoms with Crippen LogP contribution in [0.2, 0.25) is 0 Å². The number of aryl methyl sites for hydroxylation is 1. The van der Waals surface area contributed by atoms with Crippen molar-refractivity contribution in [3.63, 3.8) is 0 Å². The number of rotatable bonds is 5. The minimum Gasteiger partial charge on any atom is -0.349 e. The maximum Gasteiger partial charge on any atom is 0.271 e. The number of nitrogens with one attached hydrogen (secondary N) is 1. The van der Waals surface area contributed by atoms with E-state index in [2.05, 4.69) is 37.7 Å². The standard InChI is InChI=1S/C16H20N4OS/c1-12-9-18-13(10-17-12)16(21)19-11-14(15-5-4-8-22-15)20-6-2-3-7-20/h4-5,8-10,14H,2-3,6-7,11H2,1H3,(H,19,21)/t14-/m0/s1. The molecular weight excluding hydrogens is 296 g/mol. The maximum absolute atomic E-state index is 12.2. The molecule has 0 bridgehead atoms. The number of hydrogen-bond acceptors (Lipinski definition) is 5. The molecular formula is C16H20N4OS. The van der Waals surface area contributed by atoms with Crippen LogP contribution in [0.4, 0.5) is 0 Å². The van der Waals surface area contributed by atoms with Gasteiger partial charge in [-0.2, -0.15) is 0 Å². The first-order chi connectivity index (χ1) is 10.7. The summed E-state index contributed by atoms with van der Waals surface area (Å²) in [5, 5.41) is 5.10. The van der Waals surface area contributed by atoms with E-state index < -0.39 is 0 Å². The van der Waals surface area contributed by atoms with Crippen LogP contribution in [0, 0.1) is 6.92 Å². The molecule has 0 unspecified atom stereocenters. The van der Waals surface area contributed by atoms with E-state index in [9.17, 15) is 4.79 Å². The maximum atomic E-state index is 12.2. The highest BCUT2D eigenvalue weighted by molar-refractivity contribution is 7.10. The fourth-order valence-electron chi connectivity index (χ4n) is 2.73. The van der Waals surface area contributed by atoms with E-state index in [4.69, 9.17) is 0 Å². The topological polar surface area (TPSA) is 58.1 Å². The molecule has 5 nitrogen and oxygen atoms in total. The number of nitrogens with zero attached hydrogens (tertiary/aromatic N) is 3. The lowest BCUT2D eigenvalue weighted by Gasteiger charge is -2.26. The van der Waals surface area contributed by atoms with Crippen LogP contribution in [0.25, 0.3) is 0 Å². The molecule has 0 aromatic carbocycles. The van der Waals surface area contributed by atoms with Crippen molar-refractivity contribution in [2.45, 2.75) is 25.8 Å². The Balaban J connectivity index is 1.66. The Morgan fingerprint density at radius 2 is 2.18 bits per heavy atom. The molecule has 116 valence electrons. The average Bonchev–Trinajstić information content (AvgIpc) is 3.22. The van der Waals surface area contributed by atoms with Crippen LogP contribution in [0.3, 0.4) is 0 Å². The van der Waals surface area contributed by atoms with Gasteiger partial charge in [-0.05, 0) is 44.3 Å². The van der Waals surface area contributed by atoms with Gasteiger partial charge in [0.1, 0.15) is 5.69 Å². The van der Waals surface area contributed by atoms with E-state index in [1.54, 1.807) is 17.5 Å². The lowest BCUT2D eigenvalue weighted by atomic mass is 10.2. The summed E-state index contributed by atoms with van der Waals surface area (Å²) >= 11 is 1.75. The second-order valence-electron chi connectivity index (χ2n) is 5.53. The molecule has 0 aliphatic carbocycles. The van der Waals surface area contributed by atoms with Gasteiger partial charge in [-0.3, -0.25) is 14.7 Å². The number of likely N-dealkylation sites (tertiary alicyclic amines) is 1. The van der Waals surface area contributed by atoms with E-state index in [0.29, 0.717) is 12.2 Å². The fraction of sp³-hybridized carbons (Fsp3) is 0.438. The molecule has 6 heteroatoms. The molecule has 1 fully saturated rings. The smallest absolute Gasteiger partial charge is 0.271 e. The van der Waals surface area contributed by atoms with Crippen molar-refractivity contribution in [1.29, 1.82) is 0 Å². The SMILES string of the molecule is Cc1cnc(C(=O)NC[C@@H](c2cccs2)N2CCCC2)cn1. The fourth-order valence-corrected chi connectivity index (χ4v) is 3.59. The van der Waals surface area contributed by atoms with Crippen LogP contribution in [0.1, 0.15) is 39.9 Å². The van der Waals surface area contributed by atoms with Gasteiger partial charge in [-0.25, -0.2) is 4.98 Å². The van der Waals surface area contributed by atoms with Crippen LogP contribution >= 0.6 is 11.3 Å². The summed E-state index contributed by atoms with van der Waals surface area (Å²) < 4.78 is 0. The number of amides is 1. The first kappa shape index (κ1) is 15.1. The van der Waals surface area contributed by atoms with Crippen molar-refractivity contribution in [2.24, 2.45) is 0 Å². The normalized spacial score (nSPS) is 16.6. The number of thiophene rings is 1. The molecule has 1 amide bonds. The largest absolute Gasteiger partial charge is 0.349 e. The molecule has 3 rings (SSSR count). The Bertz CT molecular complexity index is 606. The van der Waals surface area contributed by atoms with E-state index in [1.165, 1.54) is 23.9 Å². The highest BCUT2D eigenvalue weighted by Gasteiger charge is 2.24. The zero-order valence-electron chi connectivity index (χ0n) is 12.7. The van der Waals surface area contributed by atoms with Gasteiger partial charge in [0.2, 0.25) is 0 Å². The van der Waals surface area contributed by atoms with Crippen LogP contribution < -0.4 is 5.32 Å². The Hall–Kier alpha value is -1.79. The van der Waals surface area contributed by atoms with Crippen molar-refractivity contribution in [1.82, 2.24) is 20.2 Å². The molecule has 0 spiro atoms. The average molecular weight is 316 g/mol. The van der Waals surface area contributed by atoms with Gasteiger partial charge in [0, 0.05) is 17.6 Å². The summed E-state index contributed by atoms with van der Waals surface area (Å²) in [6, 6.07) is 4.46. The van der Waals surface area contributed by atoms with Gasteiger partial charge < -0.3 is 5.32 Å². The summed E-state index contributed by atoms with van der Waals surface area (Å²) in [6.07, 6.45) is 5.62. The minimum absolute atomic E-state index is 0.159. The highest BCUT2D eigenvalue weighted by Crippen LogP contribution is 2.27. The Morgan fingerprint density at radius 1 is 1.36 bits per heavy atom. The zero-order chi connectivity index (χ0) is 15.4. The molecule has 2 aromatic rings. The number of aromatic nitrogens is 2. The van der Waals surface area contributed by atoms with E-state index in [-0.39, 0.29) is 11.9 Å². The second-order valence-corrected chi connectivity index (χ2v) is 6.51. The van der Waals surface area contributed by atoms with Crippen LogP contribution in [-0.4, -0.2) is 40.4 Å². The summed E-state index contributed by atoms with van der Waals surface area (Å²) in [6.45, 7) is 4.66. The van der Waals surface area contributed by atoms with Gasteiger partial charge in [0.25, 0.3) is 5.91 Å². The van der Waals surface area contributed by atoms with Crippen LogP contribution in [-0.2, 0) is 0 Å². The first-order valence-corrected chi connectivity index (χ1v) is 8.46. The number of carbonyl (C=O) groups excluding carboxylic acids is 1. The van der Waals surface area contributed by atoms with Crippen molar-refractivity contribution in [2.75, 3.05) is 19.6 Å². The highest BCUT2D eigenvalue weighted by atomic mass is 32.1. The summed E-state index contributed by atoms with van der Waals surface area (Å²) in [5.74, 6) is -0.159. The Kier molecular flexibility index (Phi) is 4.80. The molecule has 1 saturated heterocycles. The summed E-state index contributed by atoms with van der Waals surface area (Å²) in [5.41, 5.74) is 1.18. The molecule has 22 heavy (non-hydrogen) atoms. The van der Waals surface area contributed by atoms with Gasteiger partial charge in [-0.1, -0.05) is 6.07 Å². The van der Waals surface area contributed by atoms with Crippen molar-refractivity contribution in [3.8, 4) is 0 Å². The Morgan fingerprint density at radius 3 is 2.82 bits per heavy atom. The van der Waals surface area contributed by atoms with E-state index >= 15 is 0 Å². The van der Waals surface area contributed by atoms with Crippen molar-refractivity contribution >= 4 is 17.2 Å². The predicted octanol–water partition coefficient (Wildman–Crippen LogP) is 2.41. The summed E-state index contributed by atoms with van der Waals surface area (Å²) in [7, 11) is 0. The van der Waals surface area contributed by atoms with E-state index in [1.807, 2.05) is 6.92 Å². The Labute approximate surface area is 134 Å². The molecule has 3 heterocycles. The molecule has 1 aliphatic rings. The monoisotopic (exact) mass is 316 g/mol. The van der Waals surface area contributed by atoms with Gasteiger partial charge in [0.05, 0.1) is 17.9 Å². The molecule has 0 radical (unpaired) electrons.